The van der Waals surface area contributed by atoms with Crippen LogP contribution in [0.5, 0.6) is 0 Å². The molecule has 0 heterocycles. The third-order valence-electron chi connectivity index (χ3n) is 3.53. The molecular formula is C18H23N. The molecule has 1 atom stereocenters. The normalized spacial score (nSPS) is 12.3. The molecule has 1 N–H and O–H groups in total. The number of benzene rings is 2. The van der Waals surface area contributed by atoms with E-state index in [1.165, 1.54) is 16.7 Å². The average molecular weight is 253 g/mol. The van der Waals surface area contributed by atoms with Gasteiger partial charge < -0.3 is 5.32 Å². The zero-order chi connectivity index (χ0) is 13.5. The molecule has 2 rings (SSSR count). The van der Waals surface area contributed by atoms with Crippen LogP contribution in [0.15, 0.2) is 54.6 Å². The van der Waals surface area contributed by atoms with Gasteiger partial charge in [0.05, 0.1) is 0 Å². The molecule has 2 aromatic carbocycles. The van der Waals surface area contributed by atoms with Crippen LogP contribution in [0.3, 0.4) is 0 Å². The Kier molecular flexibility index (Phi) is 5.17. The third-order valence-corrected chi connectivity index (χ3v) is 3.53. The molecule has 0 aromatic heterocycles. The highest BCUT2D eigenvalue weighted by Crippen LogP contribution is 2.08. The summed E-state index contributed by atoms with van der Waals surface area (Å²) >= 11 is 0. The smallest absolute Gasteiger partial charge is 0.0208 e. The van der Waals surface area contributed by atoms with E-state index >= 15 is 0 Å². The van der Waals surface area contributed by atoms with Gasteiger partial charge in [0.2, 0.25) is 0 Å². The van der Waals surface area contributed by atoms with Crippen LogP contribution in [-0.2, 0) is 13.0 Å². The predicted octanol–water partition coefficient (Wildman–Crippen LogP) is 4.11. The van der Waals surface area contributed by atoms with E-state index < -0.39 is 0 Å². The fourth-order valence-electron chi connectivity index (χ4n) is 2.23. The highest BCUT2D eigenvalue weighted by atomic mass is 14.9. The van der Waals surface area contributed by atoms with Gasteiger partial charge in [-0.1, -0.05) is 67.1 Å². The Morgan fingerprint density at radius 1 is 0.895 bits per heavy atom. The standard InChI is InChI=1S/C18H23N/c1-3-18(13-16-7-5-4-6-8-16)19-14-17-11-9-15(2)10-12-17/h4-12,18-19H,3,13-14H2,1-2H3. The van der Waals surface area contributed by atoms with E-state index in [1.54, 1.807) is 0 Å². The number of aryl methyl sites for hydroxylation is 1. The molecule has 100 valence electrons. The van der Waals surface area contributed by atoms with Gasteiger partial charge in [0.15, 0.2) is 0 Å². The maximum Gasteiger partial charge on any atom is 0.0208 e. The topological polar surface area (TPSA) is 12.0 Å². The van der Waals surface area contributed by atoms with Crippen molar-refractivity contribution in [1.82, 2.24) is 5.32 Å². The molecule has 0 radical (unpaired) electrons. The highest BCUT2D eigenvalue weighted by Gasteiger charge is 2.06. The predicted molar refractivity (Wildman–Crippen MR) is 82.2 cm³/mol. The molecule has 0 spiro atoms. The molecule has 1 unspecified atom stereocenters. The zero-order valence-electron chi connectivity index (χ0n) is 11.9. The summed E-state index contributed by atoms with van der Waals surface area (Å²) in [5.74, 6) is 0. The number of hydrogen-bond acceptors (Lipinski definition) is 1. The maximum atomic E-state index is 3.65. The van der Waals surface area contributed by atoms with Crippen molar-refractivity contribution in [2.75, 3.05) is 0 Å². The quantitative estimate of drug-likeness (QED) is 0.817. The van der Waals surface area contributed by atoms with Crippen molar-refractivity contribution in [2.45, 2.75) is 39.3 Å². The largest absolute Gasteiger partial charge is 0.310 e. The van der Waals surface area contributed by atoms with E-state index in [0.717, 1.165) is 19.4 Å². The Morgan fingerprint density at radius 2 is 1.58 bits per heavy atom. The first-order valence-electron chi connectivity index (χ1n) is 7.10. The van der Waals surface area contributed by atoms with Crippen LogP contribution in [0.2, 0.25) is 0 Å². The van der Waals surface area contributed by atoms with Crippen molar-refractivity contribution in [3.8, 4) is 0 Å². The number of nitrogens with one attached hydrogen (secondary N) is 1. The summed E-state index contributed by atoms with van der Waals surface area (Å²) in [6.07, 6.45) is 2.25. The van der Waals surface area contributed by atoms with E-state index in [-0.39, 0.29) is 0 Å². The Morgan fingerprint density at radius 3 is 2.21 bits per heavy atom. The van der Waals surface area contributed by atoms with Crippen LogP contribution in [0.25, 0.3) is 0 Å². The van der Waals surface area contributed by atoms with E-state index in [1.807, 2.05) is 0 Å². The van der Waals surface area contributed by atoms with Gasteiger partial charge in [-0.3, -0.25) is 0 Å². The molecule has 0 aliphatic carbocycles. The second-order valence-corrected chi connectivity index (χ2v) is 5.16. The summed E-state index contributed by atoms with van der Waals surface area (Å²) < 4.78 is 0. The summed E-state index contributed by atoms with van der Waals surface area (Å²) in [5, 5.41) is 3.65. The minimum atomic E-state index is 0.545. The molecule has 0 saturated heterocycles. The zero-order valence-corrected chi connectivity index (χ0v) is 11.9. The van der Waals surface area contributed by atoms with Crippen molar-refractivity contribution in [3.63, 3.8) is 0 Å². The van der Waals surface area contributed by atoms with Crippen LogP contribution in [-0.4, -0.2) is 6.04 Å². The molecule has 2 aromatic rings. The summed E-state index contributed by atoms with van der Waals surface area (Å²) in [6.45, 7) is 5.32. The Bertz CT molecular complexity index is 473. The van der Waals surface area contributed by atoms with Crippen molar-refractivity contribution in [3.05, 3.63) is 71.3 Å². The van der Waals surface area contributed by atoms with Gasteiger partial charge in [0.25, 0.3) is 0 Å². The van der Waals surface area contributed by atoms with Gasteiger partial charge >= 0.3 is 0 Å². The lowest BCUT2D eigenvalue weighted by Crippen LogP contribution is -2.30. The average Bonchev–Trinajstić information content (AvgIpc) is 2.46. The fourth-order valence-corrected chi connectivity index (χ4v) is 2.23. The molecular weight excluding hydrogens is 230 g/mol. The van der Waals surface area contributed by atoms with E-state index in [2.05, 4.69) is 73.8 Å². The monoisotopic (exact) mass is 253 g/mol. The molecule has 19 heavy (non-hydrogen) atoms. The lowest BCUT2D eigenvalue weighted by Gasteiger charge is -2.17. The highest BCUT2D eigenvalue weighted by molar-refractivity contribution is 5.21. The summed E-state index contributed by atoms with van der Waals surface area (Å²) in [6, 6.07) is 20.0. The third kappa shape index (κ3) is 4.53. The van der Waals surface area contributed by atoms with Gasteiger partial charge in [-0.25, -0.2) is 0 Å². The van der Waals surface area contributed by atoms with Crippen molar-refractivity contribution in [2.24, 2.45) is 0 Å². The molecule has 0 aliphatic heterocycles. The first-order valence-corrected chi connectivity index (χ1v) is 7.10. The second kappa shape index (κ2) is 7.10. The van der Waals surface area contributed by atoms with Crippen LogP contribution < -0.4 is 5.32 Å². The minimum Gasteiger partial charge on any atom is -0.310 e. The molecule has 0 saturated carbocycles. The lowest BCUT2D eigenvalue weighted by molar-refractivity contribution is 0.494. The van der Waals surface area contributed by atoms with E-state index in [4.69, 9.17) is 0 Å². The van der Waals surface area contributed by atoms with E-state index in [9.17, 15) is 0 Å². The molecule has 1 heteroatoms. The van der Waals surface area contributed by atoms with Crippen LogP contribution in [0.1, 0.15) is 30.0 Å². The minimum absolute atomic E-state index is 0.545. The molecule has 0 aliphatic rings. The number of hydrogen-bond donors (Lipinski definition) is 1. The van der Waals surface area contributed by atoms with Gasteiger partial charge in [0, 0.05) is 12.6 Å². The van der Waals surface area contributed by atoms with Crippen molar-refractivity contribution in [1.29, 1.82) is 0 Å². The van der Waals surface area contributed by atoms with Crippen LogP contribution in [0.4, 0.5) is 0 Å². The first kappa shape index (κ1) is 13.8. The lowest BCUT2D eigenvalue weighted by atomic mass is 10.0. The molecule has 0 bridgehead atoms. The first-order chi connectivity index (χ1) is 9.28. The number of rotatable bonds is 6. The maximum absolute atomic E-state index is 3.65. The van der Waals surface area contributed by atoms with Gasteiger partial charge in [-0.15, -0.1) is 0 Å². The van der Waals surface area contributed by atoms with Crippen molar-refractivity contribution >= 4 is 0 Å². The SMILES string of the molecule is CCC(Cc1ccccc1)NCc1ccc(C)cc1. The molecule has 0 fully saturated rings. The van der Waals surface area contributed by atoms with E-state index in [0.29, 0.717) is 6.04 Å². The summed E-state index contributed by atoms with van der Waals surface area (Å²) in [4.78, 5) is 0. The van der Waals surface area contributed by atoms with Crippen LogP contribution in [0, 0.1) is 6.92 Å². The van der Waals surface area contributed by atoms with Gasteiger partial charge in [-0.2, -0.15) is 0 Å². The Labute approximate surface area is 116 Å². The summed E-state index contributed by atoms with van der Waals surface area (Å²) in [5.41, 5.74) is 4.09. The van der Waals surface area contributed by atoms with Gasteiger partial charge in [-0.05, 0) is 30.9 Å². The Balaban J connectivity index is 1.87. The Hall–Kier alpha value is -1.60. The molecule has 0 amide bonds. The van der Waals surface area contributed by atoms with Gasteiger partial charge in [0.1, 0.15) is 0 Å². The fraction of sp³-hybridized carbons (Fsp3) is 0.333. The second-order valence-electron chi connectivity index (χ2n) is 5.16. The van der Waals surface area contributed by atoms with Crippen molar-refractivity contribution < 1.29 is 0 Å². The molecule has 1 nitrogen and oxygen atoms in total. The van der Waals surface area contributed by atoms with Crippen LogP contribution >= 0.6 is 0 Å². The summed E-state index contributed by atoms with van der Waals surface area (Å²) in [7, 11) is 0.